The number of hydrogen-bond acceptors (Lipinski definition) is 4. The molecule has 0 spiro atoms. The number of rotatable bonds is 11. The summed E-state index contributed by atoms with van der Waals surface area (Å²) in [6, 6.07) is 134. The summed E-state index contributed by atoms with van der Waals surface area (Å²) in [5.41, 5.74) is 22.9. The van der Waals surface area contributed by atoms with Crippen LogP contribution in [0.1, 0.15) is 0 Å². The molecule has 0 aliphatic carbocycles. The molecule has 0 bridgehead atoms. The Morgan fingerprint density at radius 2 is 0.462 bits per heavy atom. The van der Waals surface area contributed by atoms with E-state index in [4.69, 9.17) is 0 Å². The van der Waals surface area contributed by atoms with Gasteiger partial charge in [0, 0.05) is 140 Å². The topological polar surface area (TPSA) is 26.2 Å². The van der Waals surface area contributed by atoms with Crippen molar-refractivity contribution in [1.29, 1.82) is 0 Å². The molecular formula is C96H60N6S2. The van der Waals surface area contributed by atoms with Crippen LogP contribution in [-0.4, -0.2) is 18.3 Å². The Kier molecular flexibility index (Phi) is 13.0. The summed E-state index contributed by atoms with van der Waals surface area (Å²) >= 11 is 3.82. The van der Waals surface area contributed by atoms with E-state index in [0.717, 1.165) is 68.0 Å². The molecule has 8 heteroatoms. The van der Waals surface area contributed by atoms with Crippen molar-refractivity contribution in [2.75, 3.05) is 9.80 Å². The number of benzene rings is 16. The standard InChI is InChI=1S/C96H60N6S2/c1-7-23-63(24-8-1)97(71-47-51-81-77(59-71)91-85(101(81)67-31-15-5-16-32-67)53-49-75-93-87(103-95(75)91)57-55-83-89(93)73-35-19-21-37-79(73)99(83)65-27-11-3-12-28-65)69-43-39-61(40-44-69)62-41-45-70(46-42-62)98(64-25-9-2-10-26-64)72-48-52-82-78(60-72)92-86(102(82)68-33-17-6-18-34-68)54-50-76-94-88(104-96(76)92)58-56-84-90(94)74-36-20-22-38-80(74)100(84)66-29-13-4-14-30-66/h1-60H. The van der Waals surface area contributed by atoms with Gasteiger partial charge < -0.3 is 28.1 Å². The number of aromatic nitrogens is 4. The fraction of sp³-hybridized carbons (Fsp3) is 0. The third kappa shape index (κ3) is 8.80. The van der Waals surface area contributed by atoms with Crippen molar-refractivity contribution >= 4 is 184 Å². The molecule has 0 aliphatic heterocycles. The van der Waals surface area contributed by atoms with E-state index in [2.05, 4.69) is 392 Å². The van der Waals surface area contributed by atoms with Crippen LogP contribution in [0, 0.1) is 0 Å². The zero-order valence-corrected chi connectivity index (χ0v) is 57.8. The van der Waals surface area contributed by atoms with Gasteiger partial charge in [0.25, 0.3) is 0 Å². The van der Waals surface area contributed by atoms with Gasteiger partial charge in [0.2, 0.25) is 0 Å². The molecule has 0 unspecified atom stereocenters. The van der Waals surface area contributed by atoms with Crippen LogP contribution in [0.4, 0.5) is 34.1 Å². The van der Waals surface area contributed by atoms with Crippen LogP contribution < -0.4 is 9.80 Å². The summed E-state index contributed by atoms with van der Waals surface area (Å²) in [5.74, 6) is 0. The summed E-state index contributed by atoms with van der Waals surface area (Å²) in [6.07, 6.45) is 0. The maximum Gasteiger partial charge on any atom is 0.0555 e. The highest BCUT2D eigenvalue weighted by atomic mass is 32.1. The van der Waals surface area contributed by atoms with Crippen molar-refractivity contribution in [3.05, 3.63) is 364 Å². The van der Waals surface area contributed by atoms with E-state index < -0.39 is 0 Å². The SMILES string of the molecule is c1ccc(N(c2ccc(-c3ccc(N(c4ccccc4)c4ccc5c(c4)c4c6sc7ccc8c(c9ccccc9n8-c8ccccc8)c7c6ccc4n5-c4ccccc4)cc3)cc2)c2ccc3c(c2)c2c4sc5ccc6c(c7ccccc7n6-c6ccccc6)c5c4ccc2n3-c2ccccc2)cc1. The van der Waals surface area contributed by atoms with E-state index in [9.17, 15) is 0 Å². The zero-order chi connectivity index (χ0) is 68.1. The van der Waals surface area contributed by atoms with Gasteiger partial charge in [-0.2, -0.15) is 0 Å². The Morgan fingerprint density at radius 3 is 0.827 bits per heavy atom. The number of hydrogen-bond donors (Lipinski definition) is 0. The van der Waals surface area contributed by atoms with Crippen molar-refractivity contribution in [3.63, 3.8) is 0 Å². The van der Waals surface area contributed by atoms with E-state index in [1.807, 2.05) is 22.7 Å². The average molecular weight is 1360 g/mol. The second kappa shape index (κ2) is 23.2. The first-order valence-corrected chi connectivity index (χ1v) is 37.1. The van der Waals surface area contributed by atoms with E-state index >= 15 is 0 Å². The van der Waals surface area contributed by atoms with Crippen LogP contribution in [0.2, 0.25) is 0 Å². The van der Waals surface area contributed by atoms with Crippen LogP contribution in [0.5, 0.6) is 0 Å². The fourth-order valence-corrected chi connectivity index (χ4v) is 19.6. The average Bonchev–Trinajstić information content (AvgIpc) is 1.55. The van der Waals surface area contributed by atoms with Crippen LogP contribution in [-0.2, 0) is 0 Å². The van der Waals surface area contributed by atoms with E-state index in [0.29, 0.717) is 0 Å². The van der Waals surface area contributed by atoms with Gasteiger partial charge in [-0.05, 0) is 193 Å². The summed E-state index contributed by atoms with van der Waals surface area (Å²) in [5, 5.41) is 15.2. The fourth-order valence-electron chi connectivity index (χ4n) is 17.1. The molecule has 0 radical (unpaired) electrons. The molecule has 0 amide bonds. The second-order valence-corrected chi connectivity index (χ2v) is 29.2. The Balaban J connectivity index is 0.659. The highest BCUT2D eigenvalue weighted by molar-refractivity contribution is 7.27. The number of fused-ring (bicyclic) bond motifs is 22. The normalized spacial score (nSPS) is 12.0. The molecule has 6 heterocycles. The van der Waals surface area contributed by atoms with Gasteiger partial charge in [-0.3, -0.25) is 0 Å². The van der Waals surface area contributed by atoms with E-state index in [-0.39, 0.29) is 0 Å². The van der Waals surface area contributed by atoms with Gasteiger partial charge in [-0.1, -0.05) is 182 Å². The first-order valence-electron chi connectivity index (χ1n) is 35.5. The highest BCUT2D eigenvalue weighted by Gasteiger charge is 2.27. The molecule has 0 saturated carbocycles. The molecule has 16 aromatic carbocycles. The lowest BCUT2D eigenvalue weighted by molar-refractivity contribution is 1.18. The molecule has 6 aromatic heterocycles. The minimum absolute atomic E-state index is 1.07. The number of anilines is 6. The first-order chi connectivity index (χ1) is 51.6. The Hall–Kier alpha value is -13.2. The third-order valence-corrected chi connectivity index (χ3v) is 23.9. The summed E-state index contributed by atoms with van der Waals surface area (Å²) < 4.78 is 14.9. The van der Waals surface area contributed by atoms with E-state index in [1.54, 1.807) is 0 Å². The zero-order valence-electron chi connectivity index (χ0n) is 56.1. The Bertz CT molecular complexity index is 6740. The van der Waals surface area contributed by atoms with Gasteiger partial charge in [0.1, 0.15) is 0 Å². The van der Waals surface area contributed by atoms with Crippen LogP contribution in [0.25, 0.3) is 161 Å². The van der Waals surface area contributed by atoms with E-state index in [1.165, 1.54) is 128 Å². The maximum atomic E-state index is 2.46. The number of para-hydroxylation sites is 8. The molecule has 104 heavy (non-hydrogen) atoms. The Labute approximate surface area is 606 Å². The van der Waals surface area contributed by atoms with Gasteiger partial charge >= 0.3 is 0 Å². The smallest absolute Gasteiger partial charge is 0.0555 e. The van der Waals surface area contributed by atoms with Gasteiger partial charge in [-0.25, -0.2) is 0 Å². The molecule has 6 nitrogen and oxygen atoms in total. The third-order valence-electron chi connectivity index (χ3n) is 21.5. The lowest BCUT2D eigenvalue weighted by Crippen LogP contribution is -2.10. The number of thiophene rings is 2. The quantitative estimate of drug-likeness (QED) is 0.129. The molecule has 0 atom stereocenters. The van der Waals surface area contributed by atoms with Crippen molar-refractivity contribution in [2.24, 2.45) is 0 Å². The second-order valence-electron chi connectivity index (χ2n) is 27.1. The van der Waals surface area contributed by atoms with Crippen LogP contribution in [0.15, 0.2) is 364 Å². The predicted molar refractivity (Wildman–Crippen MR) is 444 cm³/mol. The first kappa shape index (κ1) is 58.5. The molecule has 0 N–H and O–H groups in total. The van der Waals surface area contributed by atoms with Gasteiger partial charge in [-0.15, -0.1) is 22.7 Å². The molecule has 486 valence electrons. The maximum absolute atomic E-state index is 2.46. The molecule has 0 aliphatic rings. The monoisotopic (exact) mass is 1360 g/mol. The highest BCUT2D eigenvalue weighted by Crippen LogP contribution is 2.52. The van der Waals surface area contributed by atoms with Crippen molar-refractivity contribution < 1.29 is 0 Å². The van der Waals surface area contributed by atoms with Crippen LogP contribution >= 0.6 is 22.7 Å². The van der Waals surface area contributed by atoms with Crippen LogP contribution in [0.3, 0.4) is 0 Å². The number of nitrogens with zero attached hydrogens (tertiary/aromatic N) is 6. The van der Waals surface area contributed by atoms with Crippen molar-refractivity contribution in [2.45, 2.75) is 0 Å². The lowest BCUT2D eigenvalue weighted by atomic mass is 10.0. The largest absolute Gasteiger partial charge is 0.310 e. The summed E-state index contributed by atoms with van der Waals surface area (Å²) in [7, 11) is 0. The molecule has 0 saturated heterocycles. The van der Waals surface area contributed by atoms with Gasteiger partial charge in [0.05, 0.1) is 44.1 Å². The molecule has 0 fully saturated rings. The minimum Gasteiger partial charge on any atom is -0.310 e. The molecule has 22 aromatic rings. The summed E-state index contributed by atoms with van der Waals surface area (Å²) in [4.78, 5) is 4.82. The summed E-state index contributed by atoms with van der Waals surface area (Å²) in [6.45, 7) is 0. The molecule has 22 rings (SSSR count). The van der Waals surface area contributed by atoms with Crippen molar-refractivity contribution in [3.8, 4) is 33.9 Å². The minimum atomic E-state index is 1.07. The van der Waals surface area contributed by atoms with Crippen molar-refractivity contribution in [1.82, 2.24) is 18.3 Å². The molecular weight excluding hydrogens is 1300 g/mol. The predicted octanol–water partition coefficient (Wildman–Crippen LogP) is 27.4. The Morgan fingerprint density at radius 1 is 0.183 bits per heavy atom. The van der Waals surface area contributed by atoms with Gasteiger partial charge in [0.15, 0.2) is 0 Å². The lowest BCUT2D eigenvalue weighted by Gasteiger charge is -2.26.